The molecule has 26 heteroatoms. The lowest BCUT2D eigenvalue weighted by Crippen LogP contribution is -2.62. The van der Waals surface area contributed by atoms with E-state index in [-0.39, 0.29) is 68.1 Å². The number of hydrogen-bond acceptors (Lipinski definition) is 14. The number of aliphatic hydroxyl groups is 1. The van der Waals surface area contributed by atoms with Crippen LogP contribution in [0.5, 0.6) is 0 Å². The number of ether oxygens (including phenoxy) is 1. The van der Waals surface area contributed by atoms with Gasteiger partial charge >= 0.3 is 12.1 Å². The third-order valence-corrected chi connectivity index (χ3v) is 16.0. The van der Waals surface area contributed by atoms with E-state index in [1.54, 1.807) is 39.8 Å². The van der Waals surface area contributed by atoms with Crippen LogP contribution >= 0.6 is 0 Å². The predicted octanol–water partition coefficient (Wildman–Crippen LogP) is 2.99. The number of cyclic esters (lactones) is 1. The first-order valence-electron chi connectivity index (χ1n) is 31.3. The van der Waals surface area contributed by atoms with Crippen molar-refractivity contribution in [3.05, 3.63) is 12.2 Å². The molecule has 0 aromatic rings. The molecule has 1 rings (SSSR count). The summed E-state index contributed by atoms with van der Waals surface area (Å²) in [6.45, 7) is 28.3. The Kier molecular flexibility index (Phi) is 33.1. The average Bonchev–Trinajstić information content (AvgIpc) is 1.65. The molecule has 13 atom stereocenters. The van der Waals surface area contributed by atoms with Crippen LogP contribution in [-0.4, -0.2) is 232 Å². The number of hydrogen-bond donors (Lipinski definition) is 7. The third kappa shape index (κ3) is 24.1. The van der Waals surface area contributed by atoms with Gasteiger partial charge in [0.05, 0.1) is 12.6 Å². The molecule has 1 aliphatic heterocycles. The van der Waals surface area contributed by atoms with Crippen LogP contribution in [0.15, 0.2) is 12.2 Å². The van der Waals surface area contributed by atoms with E-state index in [0.29, 0.717) is 0 Å². The van der Waals surface area contributed by atoms with Gasteiger partial charge < -0.3 is 70.9 Å². The average molecular weight is 1260 g/mol. The second kappa shape index (κ2) is 36.7. The fraction of sp³-hybridized carbons (Fsp3) is 0.778. The highest BCUT2D eigenvalue weighted by molar-refractivity contribution is 5.99. The third-order valence-electron chi connectivity index (χ3n) is 16.0. The van der Waals surface area contributed by atoms with Crippen molar-refractivity contribution < 1.29 is 72.5 Å². The molecule has 1 heterocycles. The summed E-state index contributed by atoms with van der Waals surface area (Å²) in [7, 11) is 7.93. The molecule has 1 aliphatic rings. The van der Waals surface area contributed by atoms with E-state index in [4.69, 9.17) is 4.74 Å². The Morgan fingerprint density at radius 3 is 1.34 bits per heavy atom. The van der Waals surface area contributed by atoms with E-state index in [1.165, 1.54) is 72.9 Å². The molecular formula is C63H111N11O15. The van der Waals surface area contributed by atoms with Crippen molar-refractivity contribution in [2.75, 3.05) is 48.8 Å². The van der Waals surface area contributed by atoms with Crippen LogP contribution < -0.4 is 26.6 Å². The number of esters is 1. The Bertz CT molecular complexity index is 2470. The van der Waals surface area contributed by atoms with Gasteiger partial charge in [0.1, 0.15) is 60.5 Å². The van der Waals surface area contributed by atoms with Gasteiger partial charge in [-0.1, -0.05) is 102 Å². The van der Waals surface area contributed by atoms with Gasteiger partial charge in [0, 0.05) is 42.3 Å². The smallest absolute Gasteiger partial charge is 0.405 e. The first kappa shape index (κ1) is 80.2. The zero-order valence-corrected chi connectivity index (χ0v) is 57.5. The van der Waals surface area contributed by atoms with Crippen molar-refractivity contribution in [2.45, 2.75) is 229 Å². The van der Waals surface area contributed by atoms with Crippen LogP contribution in [0.3, 0.4) is 0 Å². The maximum absolute atomic E-state index is 15.1. The molecule has 11 amide bonds. The topological polar surface area (TPSA) is 334 Å². The van der Waals surface area contributed by atoms with Crippen LogP contribution in [-0.2, 0) is 57.5 Å². The van der Waals surface area contributed by atoms with Gasteiger partial charge in [-0.2, -0.15) is 0 Å². The van der Waals surface area contributed by atoms with E-state index in [0.717, 1.165) is 19.6 Å². The number of carboxylic acid groups (broad SMARTS) is 1. The van der Waals surface area contributed by atoms with Gasteiger partial charge in [-0.25, -0.2) is 9.59 Å². The van der Waals surface area contributed by atoms with E-state index in [9.17, 15) is 63.0 Å². The normalized spacial score (nSPS) is 27.0. The Balaban J connectivity index is 4.36. The zero-order chi connectivity index (χ0) is 69.0. The minimum Gasteiger partial charge on any atom is -0.465 e. The molecule has 0 unspecified atom stereocenters. The Labute approximate surface area is 529 Å². The quantitative estimate of drug-likeness (QED) is 0.0863. The monoisotopic (exact) mass is 1260 g/mol. The molecule has 0 spiro atoms. The number of allylic oxidation sites excluding steroid dienone is 2. The minimum atomic E-state index is -1.89. The predicted molar refractivity (Wildman–Crippen MR) is 337 cm³/mol. The van der Waals surface area contributed by atoms with Gasteiger partial charge in [0.25, 0.3) is 0 Å². The highest BCUT2D eigenvalue weighted by atomic mass is 16.5. The number of aliphatic hydroxyl groups excluding tert-OH is 1. The van der Waals surface area contributed by atoms with Gasteiger partial charge in [-0.15, -0.1) is 0 Å². The van der Waals surface area contributed by atoms with Crippen molar-refractivity contribution in [1.29, 1.82) is 0 Å². The first-order valence-corrected chi connectivity index (χ1v) is 31.3. The number of rotatable bonds is 16. The van der Waals surface area contributed by atoms with E-state index in [2.05, 4.69) is 26.6 Å². The highest BCUT2D eigenvalue weighted by Crippen LogP contribution is 2.25. The summed E-state index contributed by atoms with van der Waals surface area (Å²) in [4.78, 5) is 178. The van der Waals surface area contributed by atoms with E-state index < -0.39 is 162 Å². The number of nitrogens with one attached hydrogen (secondary N) is 5. The maximum atomic E-state index is 15.1. The van der Waals surface area contributed by atoms with E-state index >= 15 is 4.79 Å². The summed E-state index contributed by atoms with van der Waals surface area (Å²) in [5.41, 5.74) is 0. The lowest BCUT2D eigenvalue weighted by Gasteiger charge is -2.40. The van der Waals surface area contributed by atoms with Gasteiger partial charge in [-0.3, -0.25) is 47.9 Å². The first-order chi connectivity index (χ1) is 41.0. The number of carbonyl (C=O) groups excluding carboxylic acids is 11. The maximum Gasteiger partial charge on any atom is 0.405 e. The lowest BCUT2D eigenvalue weighted by molar-refractivity contribution is -0.169. The van der Waals surface area contributed by atoms with Crippen molar-refractivity contribution in [1.82, 2.24) is 56.0 Å². The van der Waals surface area contributed by atoms with Crippen molar-refractivity contribution in [3.63, 3.8) is 0 Å². The molecule has 0 saturated carbocycles. The fourth-order valence-corrected chi connectivity index (χ4v) is 10.8. The molecular weight excluding hydrogens is 1150 g/mol. The van der Waals surface area contributed by atoms with Gasteiger partial charge in [-0.05, 0) is 108 Å². The molecule has 0 aliphatic carbocycles. The molecule has 7 N–H and O–H groups in total. The van der Waals surface area contributed by atoms with E-state index in [1.807, 2.05) is 69.2 Å². The van der Waals surface area contributed by atoms with Crippen LogP contribution in [0.2, 0.25) is 0 Å². The summed E-state index contributed by atoms with van der Waals surface area (Å²) in [6, 6.07) is -13.7. The SMILES string of the molecule is CC=CC[C@@H](C)[C@@H](O)[C@H]1C(=O)O[C@H](C)[C@H](NC(=O)O)C(=O)N(C)CC(=O)N(C)[C@@H](CC(C)C)C(=O)N[C@@H](CC(C)C)C(=O)N(C)[C@@H](CC(C)C)C(=O)N[C@@H](C)C(=O)N[C@H](C)C(=O)N(C)[C@@H](CC(C)C)C(=O)N[C@@H](CC(C)C)C(=O)N(C)[C@@H](C(C)C)C(=O)N1C. The summed E-state index contributed by atoms with van der Waals surface area (Å²) >= 11 is 0. The summed E-state index contributed by atoms with van der Waals surface area (Å²) in [5, 5.41) is 35.1. The molecule has 0 aromatic carbocycles. The van der Waals surface area contributed by atoms with Crippen LogP contribution in [0.4, 0.5) is 4.79 Å². The Morgan fingerprint density at radius 1 is 0.528 bits per heavy atom. The molecule has 1 saturated heterocycles. The molecule has 89 heavy (non-hydrogen) atoms. The molecule has 508 valence electrons. The lowest BCUT2D eigenvalue weighted by atomic mass is 9.92. The largest absolute Gasteiger partial charge is 0.465 e. The number of carbonyl (C=O) groups is 12. The van der Waals surface area contributed by atoms with Crippen LogP contribution in [0, 0.1) is 41.4 Å². The van der Waals surface area contributed by atoms with Gasteiger partial charge in [0.2, 0.25) is 59.1 Å². The minimum absolute atomic E-state index is 0.0694. The van der Waals surface area contributed by atoms with Crippen LogP contribution in [0.25, 0.3) is 0 Å². The zero-order valence-electron chi connectivity index (χ0n) is 57.5. The Hall–Kier alpha value is -6.86. The highest BCUT2D eigenvalue weighted by Gasteiger charge is 2.46. The number of likely N-dealkylation sites (N-methyl/N-ethyl adjacent to an activating group) is 6. The molecule has 0 bridgehead atoms. The standard InChI is InChI=1S/C63H111N11O15/c1-24-25-26-39(14)52(76)51-62(86)89-42(17)49(68-63(87)88)60(84)69(18)32-48(75)70(19)45(29-35(6)7)55(79)66-43(27-33(2)3)58(82)72(21)46(30-36(8)9)54(78)64-40(15)53(77)65-41(16)57(81)71(20)47(31-37(10)11)56(80)67-44(28-34(4)5)59(83)73(22)50(38(12)13)61(85)74(51)23/h24-25,33-47,49-52,68,76H,26-32H2,1-23H3,(H,64,78)(H,65,77)(H,66,79)(H,67,80)(H,87,88)/t39-,40+,41-,42-,43+,44+,45+,46+,47+,49+,50+,51+,52-/m1/s1. The van der Waals surface area contributed by atoms with Crippen molar-refractivity contribution >= 4 is 71.1 Å². The van der Waals surface area contributed by atoms with Crippen LogP contribution in [0.1, 0.15) is 156 Å². The summed E-state index contributed by atoms with van der Waals surface area (Å²) in [6.07, 6.45) is -0.885. The Morgan fingerprint density at radius 2 is 0.921 bits per heavy atom. The number of nitrogens with zero attached hydrogens (tertiary/aromatic N) is 6. The summed E-state index contributed by atoms with van der Waals surface area (Å²) in [5.74, 6) is -11.2. The second-order valence-electron chi connectivity index (χ2n) is 26.7. The van der Waals surface area contributed by atoms with Crippen molar-refractivity contribution in [2.24, 2.45) is 41.4 Å². The molecule has 26 nitrogen and oxygen atoms in total. The van der Waals surface area contributed by atoms with Crippen molar-refractivity contribution in [3.8, 4) is 0 Å². The van der Waals surface area contributed by atoms with Gasteiger partial charge in [0.15, 0.2) is 6.04 Å². The second-order valence-corrected chi connectivity index (χ2v) is 26.7. The molecule has 0 aromatic heterocycles. The fourth-order valence-electron chi connectivity index (χ4n) is 10.8. The number of amides is 11. The molecule has 1 fully saturated rings. The summed E-state index contributed by atoms with van der Waals surface area (Å²) < 4.78 is 5.85. The molecule has 0 radical (unpaired) electrons.